The quantitative estimate of drug-likeness (QED) is 0.851. The van der Waals surface area contributed by atoms with Gasteiger partial charge in [-0.1, -0.05) is 6.07 Å². The third-order valence-electron chi connectivity index (χ3n) is 4.12. The summed E-state index contributed by atoms with van der Waals surface area (Å²) in [7, 11) is 3.63. The Hall–Kier alpha value is -2.28. The van der Waals surface area contributed by atoms with Crippen molar-refractivity contribution < 1.29 is 14.3 Å². The molecule has 1 N–H and O–H groups in total. The van der Waals surface area contributed by atoms with Crippen LogP contribution in [0.25, 0.3) is 11.1 Å². The van der Waals surface area contributed by atoms with E-state index in [1.807, 2.05) is 25.2 Å². The number of carbonyl (C=O) groups is 1. The number of hydrogen-bond donors (Lipinski definition) is 1. The Labute approximate surface area is 121 Å². The summed E-state index contributed by atoms with van der Waals surface area (Å²) in [4.78, 5) is 26.2. The Kier molecular flexibility index (Phi) is 3.21. The van der Waals surface area contributed by atoms with Gasteiger partial charge >= 0.3 is 11.8 Å². The average molecular weight is 291 g/mol. The highest BCUT2D eigenvalue weighted by Gasteiger charge is 2.28. The van der Waals surface area contributed by atoms with Crippen LogP contribution in [0.3, 0.4) is 0 Å². The summed E-state index contributed by atoms with van der Waals surface area (Å²) in [6.45, 7) is 1.59. The molecule has 7 nitrogen and oxygen atoms in total. The number of piperazine rings is 1. The van der Waals surface area contributed by atoms with E-state index in [2.05, 4.69) is 4.90 Å². The van der Waals surface area contributed by atoms with E-state index in [1.165, 1.54) is 9.47 Å². The molecule has 0 spiro atoms. The van der Waals surface area contributed by atoms with Gasteiger partial charge in [0.25, 0.3) is 0 Å². The Balaban J connectivity index is 1.98. The molecule has 1 atom stereocenters. The zero-order chi connectivity index (χ0) is 15.1. The molecule has 21 heavy (non-hydrogen) atoms. The molecule has 7 heteroatoms. The van der Waals surface area contributed by atoms with E-state index in [9.17, 15) is 9.59 Å². The van der Waals surface area contributed by atoms with E-state index in [1.54, 1.807) is 7.05 Å². The first-order chi connectivity index (χ1) is 9.97. The lowest BCUT2D eigenvalue weighted by atomic mass is 10.0. The molecule has 1 unspecified atom stereocenters. The summed E-state index contributed by atoms with van der Waals surface area (Å²) in [6, 6.07) is 5.54. The lowest BCUT2D eigenvalue weighted by molar-refractivity contribution is 0.0833. The van der Waals surface area contributed by atoms with Crippen molar-refractivity contribution in [2.45, 2.75) is 6.04 Å². The fraction of sp³-hybridized carbons (Fsp3) is 0.429. The van der Waals surface area contributed by atoms with Crippen molar-refractivity contribution in [3.8, 4) is 0 Å². The lowest BCUT2D eigenvalue weighted by Gasteiger charge is -2.38. The van der Waals surface area contributed by atoms with Crippen molar-refractivity contribution in [1.29, 1.82) is 0 Å². The predicted molar refractivity (Wildman–Crippen MR) is 76.4 cm³/mol. The zero-order valence-corrected chi connectivity index (χ0v) is 11.9. The third-order valence-corrected chi connectivity index (χ3v) is 4.12. The van der Waals surface area contributed by atoms with Crippen molar-refractivity contribution in [2.75, 3.05) is 26.7 Å². The molecule has 2 aromatic rings. The summed E-state index contributed by atoms with van der Waals surface area (Å²) in [5.74, 6) is -0.397. The summed E-state index contributed by atoms with van der Waals surface area (Å²) < 4.78 is 6.65. The Bertz CT molecular complexity index is 748. The van der Waals surface area contributed by atoms with Crippen LogP contribution in [0.4, 0.5) is 4.79 Å². The summed E-state index contributed by atoms with van der Waals surface area (Å²) in [5.41, 5.74) is 2.21. The number of likely N-dealkylation sites (N-methyl/N-ethyl adjacent to an activating group) is 1. The highest BCUT2D eigenvalue weighted by Crippen LogP contribution is 2.26. The minimum atomic E-state index is -0.902. The molecular weight excluding hydrogens is 274 g/mol. The lowest BCUT2D eigenvalue weighted by Crippen LogP contribution is -2.48. The standard InChI is InChI=1S/C14H17N3O4/c1-15-5-6-17(13(18)19)8-11(15)9-3-4-10-12(7-9)21-14(20)16(10)2/h3-4,7,11H,5-6,8H2,1-2H3,(H,18,19). The van der Waals surface area contributed by atoms with E-state index in [0.29, 0.717) is 25.2 Å². The molecule has 0 bridgehead atoms. The molecule has 3 rings (SSSR count). The van der Waals surface area contributed by atoms with Crippen molar-refractivity contribution >= 4 is 17.2 Å². The topological polar surface area (TPSA) is 78.9 Å². The van der Waals surface area contributed by atoms with Gasteiger partial charge < -0.3 is 14.4 Å². The summed E-state index contributed by atoms with van der Waals surface area (Å²) >= 11 is 0. The highest BCUT2D eigenvalue weighted by molar-refractivity contribution is 5.74. The van der Waals surface area contributed by atoms with Crippen LogP contribution in [-0.4, -0.2) is 52.2 Å². The fourth-order valence-electron chi connectivity index (χ4n) is 2.77. The van der Waals surface area contributed by atoms with Crippen LogP contribution in [0.5, 0.6) is 0 Å². The zero-order valence-electron chi connectivity index (χ0n) is 11.9. The highest BCUT2D eigenvalue weighted by atomic mass is 16.4. The van der Waals surface area contributed by atoms with Crippen molar-refractivity contribution in [3.63, 3.8) is 0 Å². The van der Waals surface area contributed by atoms with E-state index in [4.69, 9.17) is 9.52 Å². The average Bonchev–Trinajstić information content (AvgIpc) is 2.74. The number of carboxylic acid groups (broad SMARTS) is 1. The number of oxazole rings is 1. The van der Waals surface area contributed by atoms with Gasteiger partial charge in [0.2, 0.25) is 0 Å². The van der Waals surface area contributed by atoms with E-state index in [-0.39, 0.29) is 6.04 Å². The molecule has 2 heterocycles. The maximum absolute atomic E-state index is 11.5. The van der Waals surface area contributed by atoms with Crippen LogP contribution < -0.4 is 5.76 Å². The van der Waals surface area contributed by atoms with Gasteiger partial charge in [0.1, 0.15) is 0 Å². The van der Waals surface area contributed by atoms with E-state index in [0.717, 1.165) is 11.1 Å². The molecule has 0 radical (unpaired) electrons. The number of amides is 1. The molecular formula is C14H17N3O4. The summed E-state index contributed by atoms with van der Waals surface area (Å²) in [6.07, 6.45) is -0.902. The van der Waals surface area contributed by atoms with Crippen molar-refractivity contribution in [1.82, 2.24) is 14.4 Å². The molecule has 1 fully saturated rings. The SMILES string of the molecule is CN1CCN(C(=O)O)CC1c1ccc2c(c1)oc(=O)n2C. The predicted octanol–water partition coefficient (Wildman–Crippen LogP) is 1.10. The van der Waals surface area contributed by atoms with Crippen molar-refractivity contribution in [3.05, 3.63) is 34.3 Å². The number of aryl methyl sites for hydroxylation is 1. The van der Waals surface area contributed by atoms with Gasteiger partial charge in [0, 0.05) is 26.7 Å². The molecule has 1 amide bonds. The largest absolute Gasteiger partial charge is 0.465 e. The monoisotopic (exact) mass is 291 g/mol. The van der Waals surface area contributed by atoms with Crippen LogP contribution in [0.2, 0.25) is 0 Å². The van der Waals surface area contributed by atoms with Crippen LogP contribution in [0.1, 0.15) is 11.6 Å². The number of aromatic nitrogens is 1. The van der Waals surface area contributed by atoms with Gasteiger partial charge in [0.05, 0.1) is 11.6 Å². The van der Waals surface area contributed by atoms with Gasteiger partial charge in [0.15, 0.2) is 5.58 Å². The summed E-state index contributed by atoms with van der Waals surface area (Å²) in [5, 5.41) is 9.14. The molecule has 1 aliphatic rings. The van der Waals surface area contributed by atoms with Crippen LogP contribution in [0, 0.1) is 0 Å². The minimum absolute atomic E-state index is 0.0373. The first-order valence-corrected chi connectivity index (χ1v) is 6.75. The number of fused-ring (bicyclic) bond motifs is 1. The van der Waals surface area contributed by atoms with Gasteiger partial charge in [-0.15, -0.1) is 0 Å². The number of rotatable bonds is 1. The second-order valence-corrected chi connectivity index (χ2v) is 5.38. The molecule has 0 saturated carbocycles. The molecule has 1 aromatic carbocycles. The maximum atomic E-state index is 11.5. The van der Waals surface area contributed by atoms with Crippen molar-refractivity contribution in [2.24, 2.45) is 7.05 Å². The Morgan fingerprint density at radius 3 is 2.81 bits per heavy atom. The molecule has 112 valence electrons. The van der Waals surface area contributed by atoms with Gasteiger partial charge in [-0.2, -0.15) is 0 Å². The smallest absolute Gasteiger partial charge is 0.419 e. The second kappa shape index (κ2) is 4.92. The first kappa shape index (κ1) is 13.7. The Morgan fingerprint density at radius 2 is 2.10 bits per heavy atom. The van der Waals surface area contributed by atoms with Gasteiger partial charge in [-0.3, -0.25) is 9.47 Å². The third kappa shape index (κ3) is 2.29. The maximum Gasteiger partial charge on any atom is 0.419 e. The minimum Gasteiger partial charge on any atom is -0.465 e. The normalized spacial score (nSPS) is 20.1. The van der Waals surface area contributed by atoms with Crippen LogP contribution in [0.15, 0.2) is 27.4 Å². The molecule has 1 aromatic heterocycles. The molecule has 0 aliphatic carbocycles. The van der Waals surface area contributed by atoms with Gasteiger partial charge in [-0.05, 0) is 24.7 Å². The fourth-order valence-corrected chi connectivity index (χ4v) is 2.77. The van der Waals surface area contributed by atoms with E-state index < -0.39 is 11.8 Å². The second-order valence-electron chi connectivity index (χ2n) is 5.38. The molecule has 1 aliphatic heterocycles. The van der Waals surface area contributed by atoms with E-state index >= 15 is 0 Å². The number of hydrogen-bond acceptors (Lipinski definition) is 4. The number of benzene rings is 1. The Morgan fingerprint density at radius 1 is 1.33 bits per heavy atom. The van der Waals surface area contributed by atoms with Gasteiger partial charge in [-0.25, -0.2) is 9.59 Å². The first-order valence-electron chi connectivity index (χ1n) is 6.75. The van der Waals surface area contributed by atoms with Crippen LogP contribution in [-0.2, 0) is 7.05 Å². The van der Waals surface area contributed by atoms with Crippen LogP contribution >= 0.6 is 0 Å². The number of nitrogens with zero attached hydrogens (tertiary/aromatic N) is 3. The molecule has 1 saturated heterocycles.